The van der Waals surface area contributed by atoms with Crippen LogP contribution in [0.2, 0.25) is 0 Å². The van der Waals surface area contributed by atoms with E-state index in [0.717, 1.165) is 31.4 Å². The number of para-hydroxylation sites is 4. The highest BCUT2D eigenvalue weighted by Gasteiger charge is 2.37. The van der Waals surface area contributed by atoms with E-state index < -0.39 is 114 Å². The van der Waals surface area contributed by atoms with Gasteiger partial charge in [0.2, 0.25) is 11.9 Å². The first-order valence-corrected chi connectivity index (χ1v) is 14.8. The topological polar surface area (TPSA) is 48.5 Å². The largest absolute Gasteiger partial charge is 0.278 e. The Kier molecular flexibility index (Phi) is 3.03. The molecule has 0 aliphatic heterocycles. The smallest absolute Gasteiger partial charge is 0.240 e. The summed E-state index contributed by atoms with van der Waals surface area (Å²) < 4.78 is 144. The summed E-state index contributed by atoms with van der Waals surface area (Å²) in [6, 6.07) is 2.97. The van der Waals surface area contributed by atoms with Gasteiger partial charge in [0.15, 0.2) is 5.82 Å². The van der Waals surface area contributed by atoms with Gasteiger partial charge in [0.1, 0.15) is 0 Å². The standard InChI is InChI=1S/C42H29N5/c1-42(2)32-20-8-3-18-30(32)38-31(19-13-21-33(38)42)39-43-40(46-34-22-9-4-14-26(34)27-15-5-10-23-35(27)46)45-41(44-39)47-36-24-11-6-16-28(36)29-17-7-12-25-37(29)47/h3-25H,1-2H3/i4D,5D,6D,7D,9D,10D,11D,12D,14D,15D,16D,17D,22D,23D,24D,25D. The van der Waals surface area contributed by atoms with Gasteiger partial charge in [-0.15, -0.1) is 0 Å². The van der Waals surface area contributed by atoms with Crippen LogP contribution < -0.4 is 0 Å². The maximum Gasteiger partial charge on any atom is 0.240 e. The van der Waals surface area contributed by atoms with Crippen molar-refractivity contribution in [1.29, 1.82) is 0 Å². The molecule has 5 heteroatoms. The highest BCUT2D eigenvalue weighted by Crippen LogP contribution is 2.51. The molecule has 0 amide bonds. The Labute approximate surface area is 293 Å². The minimum Gasteiger partial charge on any atom is -0.278 e. The number of nitrogens with zero attached hydrogens (tertiary/aromatic N) is 5. The van der Waals surface area contributed by atoms with Crippen LogP contribution in [0.25, 0.3) is 78.0 Å². The second kappa shape index (κ2) is 9.47. The normalized spacial score (nSPS) is 18.3. The van der Waals surface area contributed by atoms with Crippen LogP contribution >= 0.6 is 0 Å². The van der Waals surface area contributed by atoms with E-state index in [9.17, 15) is 0 Å². The van der Waals surface area contributed by atoms with Crippen LogP contribution in [-0.4, -0.2) is 24.1 Å². The Morgan fingerprint density at radius 2 is 0.915 bits per heavy atom. The number of hydrogen-bond acceptors (Lipinski definition) is 3. The molecule has 5 nitrogen and oxygen atoms in total. The molecule has 0 radical (unpaired) electrons. The van der Waals surface area contributed by atoms with Gasteiger partial charge in [0, 0.05) is 32.5 Å². The van der Waals surface area contributed by atoms with Crippen molar-refractivity contribution in [2.24, 2.45) is 0 Å². The van der Waals surface area contributed by atoms with Gasteiger partial charge in [-0.25, -0.2) is 0 Å². The first-order valence-electron chi connectivity index (χ1n) is 22.8. The molecule has 0 unspecified atom stereocenters. The van der Waals surface area contributed by atoms with Gasteiger partial charge in [-0.2, -0.15) is 15.0 Å². The monoisotopic (exact) mass is 619 g/mol. The maximum absolute atomic E-state index is 9.17. The quantitative estimate of drug-likeness (QED) is 0.198. The lowest BCUT2D eigenvalue weighted by Crippen LogP contribution is -2.15. The van der Waals surface area contributed by atoms with Gasteiger partial charge in [-0.3, -0.25) is 9.13 Å². The molecule has 10 rings (SSSR count). The zero-order chi connectivity index (χ0) is 45.2. The van der Waals surface area contributed by atoms with E-state index in [1.807, 2.05) is 30.3 Å². The minimum absolute atomic E-state index is 0.0901. The number of rotatable bonds is 3. The minimum atomic E-state index is -0.685. The molecule has 0 saturated heterocycles. The van der Waals surface area contributed by atoms with Crippen LogP contribution in [0.5, 0.6) is 0 Å². The lowest BCUT2D eigenvalue weighted by atomic mass is 9.82. The molecule has 47 heavy (non-hydrogen) atoms. The summed E-state index contributed by atoms with van der Waals surface area (Å²) in [7, 11) is 0. The molecule has 1 aliphatic rings. The Hall–Kier alpha value is -6.07. The third-order valence-electron chi connectivity index (χ3n) is 8.93. The fraction of sp³-hybridized carbons (Fsp3) is 0.0714. The Bertz CT molecular complexity index is 3300. The van der Waals surface area contributed by atoms with Crippen molar-refractivity contribution in [3.63, 3.8) is 0 Å². The molecule has 0 spiro atoms. The molecule has 1 aliphatic carbocycles. The van der Waals surface area contributed by atoms with Crippen LogP contribution in [-0.2, 0) is 5.41 Å². The van der Waals surface area contributed by atoms with Crippen LogP contribution in [0.1, 0.15) is 46.9 Å². The predicted molar refractivity (Wildman–Crippen MR) is 192 cm³/mol. The molecule has 3 aromatic heterocycles. The number of hydrogen-bond donors (Lipinski definition) is 0. The molecule has 0 atom stereocenters. The molecule has 0 fully saturated rings. The maximum atomic E-state index is 9.17. The van der Waals surface area contributed by atoms with Gasteiger partial charge in [-0.1, -0.05) is 129 Å². The second-order valence-electron chi connectivity index (χ2n) is 11.7. The Morgan fingerprint density at radius 3 is 1.43 bits per heavy atom. The van der Waals surface area contributed by atoms with E-state index in [0.29, 0.717) is 5.56 Å². The van der Waals surface area contributed by atoms with Gasteiger partial charge in [0.05, 0.1) is 44.0 Å². The van der Waals surface area contributed by atoms with Gasteiger partial charge in [0.25, 0.3) is 0 Å². The second-order valence-corrected chi connectivity index (χ2v) is 11.7. The molecule has 0 saturated carbocycles. The summed E-state index contributed by atoms with van der Waals surface area (Å²) in [5.74, 6) is -0.970. The summed E-state index contributed by atoms with van der Waals surface area (Å²) in [6.45, 7) is 4.12. The van der Waals surface area contributed by atoms with E-state index in [2.05, 4.69) is 13.8 Å². The molecule has 0 bridgehead atoms. The zero-order valence-corrected chi connectivity index (χ0v) is 24.8. The van der Waals surface area contributed by atoms with Crippen molar-refractivity contribution in [1.82, 2.24) is 24.1 Å². The molecule has 222 valence electrons. The van der Waals surface area contributed by atoms with Gasteiger partial charge >= 0.3 is 0 Å². The fourth-order valence-corrected chi connectivity index (χ4v) is 6.86. The molecular weight excluding hydrogens is 574 g/mol. The number of fused-ring (bicyclic) bond motifs is 9. The number of aromatic nitrogens is 5. The molecule has 0 N–H and O–H groups in total. The summed E-state index contributed by atoms with van der Waals surface area (Å²) in [6.07, 6.45) is 0. The predicted octanol–water partition coefficient (Wildman–Crippen LogP) is 10.0. The van der Waals surface area contributed by atoms with E-state index in [1.165, 1.54) is 0 Å². The lowest BCUT2D eigenvalue weighted by molar-refractivity contribution is 0.660. The van der Waals surface area contributed by atoms with E-state index in [4.69, 9.17) is 36.9 Å². The van der Waals surface area contributed by atoms with E-state index in [-0.39, 0.29) is 49.4 Å². The highest BCUT2D eigenvalue weighted by atomic mass is 15.3. The average molecular weight is 620 g/mol. The van der Waals surface area contributed by atoms with Crippen molar-refractivity contribution in [2.45, 2.75) is 19.3 Å². The van der Waals surface area contributed by atoms with E-state index in [1.54, 1.807) is 12.1 Å². The summed E-state index contributed by atoms with van der Waals surface area (Å²) in [4.78, 5) is 14.6. The first-order chi connectivity index (χ1) is 29.7. The lowest BCUT2D eigenvalue weighted by Gasteiger charge is -2.21. The zero-order valence-electron chi connectivity index (χ0n) is 40.8. The third-order valence-corrected chi connectivity index (χ3v) is 8.93. The van der Waals surface area contributed by atoms with Crippen LogP contribution in [0.4, 0.5) is 0 Å². The molecule has 3 heterocycles. The average Bonchev–Trinajstić information content (AvgIpc) is 3.91. The SMILES string of the molecule is [2H]c1c([2H])c([2H])c2c(c1[2H])c1c([2H])c([2H])c([2H])c([2H])c1n2-c1nc(-c2cccc3c2-c2ccccc2C3(C)C)nc(-n2c3c([2H])c([2H])c([2H])c([2H])c3c3c([2H])c([2H])c([2H])c([2H])c32)n1. The highest BCUT2D eigenvalue weighted by molar-refractivity contribution is 6.10. The third kappa shape index (κ3) is 3.57. The summed E-state index contributed by atoms with van der Waals surface area (Å²) in [5, 5.41) is -0.989. The van der Waals surface area contributed by atoms with Gasteiger partial charge in [-0.05, 0) is 46.4 Å². The van der Waals surface area contributed by atoms with Crippen LogP contribution in [0, 0.1) is 0 Å². The van der Waals surface area contributed by atoms with Crippen molar-refractivity contribution in [3.05, 3.63) is 150 Å². The molecular formula is C42H29N5. The first kappa shape index (κ1) is 15.0. The fourth-order valence-electron chi connectivity index (χ4n) is 6.86. The van der Waals surface area contributed by atoms with Crippen LogP contribution in [0.3, 0.4) is 0 Å². The molecule has 9 aromatic rings. The summed E-state index contributed by atoms with van der Waals surface area (Å²) >= 11 is 0. The summed E-state index contributed by atoms with van der Waals surface area (Å²) in [5.41, 5.74) is 2.14. The Morgan fingerprint density at radius 1 is 0.489 bits per heavy atom. The van der Waals surface area contributed by atoms with Gasteiger partial charge < -0.3 is 0 Å². The van der Waals surface area contributed by atoms with Crippen molar-refractivity contribution in [2.75, 3.05) is 0 Å². The Balaban J connectivity index is 1.47. The van der Waals surface area contributed by atoms with Crippen molar-refractivity contribution >= 4 is 43.6 Å². The van der Waals surface area contributed by atoms with Crippen molar-refractivity contribution < 1.29 is 21.9 Å². The van der Waals surface area contributed by atoms with E-state index >= 15 is 0 Å². The van der Waals surface area contributed by atoms with Crippen molar-refractivity contribution in [3.8, 4) is 34.4 Å². The number of benzene rings is 6. The van der Waals surface area contributed by atoms with Crippen LogP contribution in [0.15, 0.2) is 139 Å². The molecule has 6 aromatic carbocycles.